The third kappa shape index (κ3) is 2.69. The normalized spacial score (nSPS) is 23.9. The lowest BCUT2D eigenvalue weighted by Gasteiger charge is -2.26. The zero-order valence-electron chi connectivity index (χ0n) is 12.3. The van der Waals surface area contributed by atoms with Crippen LogP contribution in [-0.4, -0.2) is 39.1 Å². The Labute approximate surface area is 129 Å². The summed E-state index contributed by atoms with van der Waals surface area (Å²) in [5.74, 6) is 4.68. The van der Waals surface area contributed by atoms with Gasteiger partial charge in [0.15, 0.2) is 5.65 Å². The molecular formula is C16H22N4S. The number of aromatic nitrogens is 3. The summed E-state index contributed by atoms with van der Waals surface area (Å²) >= 11 is 2.09. The monoisotopic (exact) mass is 302 g/mol. The Morgan fingerprint density at radius 3 is 3.00 bits per heavy atom. The molecule has 0 aliphatic carbocycles. The second-order valence-electron chi connectivity index (χ2n) is 6.16. The summed E-state index contributed by atoms with van der Waals surface area (Å²) in [6, 6.07) is 4.67. The van der Waals surface area contributed by atoms with Crippen molar-refractivity contribution in [2.45, 2.75) is 31.7 Å². The van der Waals surface area contributed by atoms with Crippen molar-refractivity contribution in [1.82, 2.24) is 19.9 Å². The van der Waals surface area contributed by atoms with Crippen LogP contribution in [0, 0.1) is 5.92 Å². The minimum absolute atomic E-state index is 0.565. The lowest BCUT2D eigenvalue weighted by molar-refractivity contribution is 0.361. The predicted octanol–water partition coefficient (Wildman–Crippen LogP) is 2.65. The Morgan fingerprint density at radius 2 is 2.19 bits per heavy atom. The number of piperidine rings is 1. The molecule has 0 radical (unpaired) electrons. The van der Waals surface area contributed by atoms with Gasteiger partial charge >= 0.3 is 0 Å². The fraction of sp³-hybridized carbons (Fsp3) is 0.625. The molecule has 5 heteroatoms. The van der Waals surface area contributed by atoms with E-state index < -0.39 is 0 Å². The topological polar surface area (TPSA) is 42.7 Å². The third-order valence-corrected chi connectivity index (χ3v) is 5.92. The van der Waals surface area contributed by atoms with Crippen LogP contribution in [-0.2, 0) is 6.42 Å². The molecule has 0 spiro atoms. The molecule has 2 fully saturated rings. The summed E-state index contributed by atoms with van der Waals surface area (Å²) in [6.07, 6.45) is 6.74. The van der Waals surface area contributed by atoms with Gasteiger partial charge in [0.25, 0.3) is 0 Å². The SMILES string of the molecule is c1cnc2c(c1)nc(CC1CCSC1)n2C1CCNCC1. The van der Waals surface area contributed by atoms with E-state index in [-0.39, 0.29) is 0 Å². The smallest absolute Gasteiger partial charge is 0.160 e. The van der Waals surface area contributed by atoms with Crippen molar-refractivity contribution in [3.05, 3.63) is 24.2 Å². The molecule has 1 N–H and O–H groups in total. The van der Waals surface area contributed by atoms with E-state index in [1.807, 2.05) is 12.3 Å². The molecule has 4 nitrogen and oxygen atoms in total. The van der Waals surface area contributed by atoms with Gasteiger partial charge in [-0.1, -0.05) is 0 Å². The third-order valence-electron chi connectivity index (χ3n) is 4.69. The molecule has 112 valence electrons. The Balaban J connectivity index is 1.72. The summed E-state index contributed by atoms with van der Waals surface area (Å²) in [5.41, 5.74) is 2.15. The lowest BCUT2D eigenvalue weighted by Crippen LogP contribution is -2.30. The molecule has 0 saturated carbocycles. The number of hydrogen-bond acceptors (Lipinski definition) is 4. The molecule has 2 aliphatic heterocycles. The maximum Gasteiger partial charge on any atom is 0.160 e. The highest BCUT2D eigenvalue weighted by molar-refractivity contribution is 7.99. The van der Waals surface area contributed by atoms with E-state index in [4.69, 9.17) is 4.98 Å². The number of rotatable bonds is 3. The quantitative estimate of drug-likeness (QED) is 0.946. The lowest BCUT2D eigenvalue weighted by atomic mass is 10.0. The highest BCUT2D eigenvalue weighted by Crippen LogP contribution is 2.30. The Bertz CT molecular complexity index is 612. The van der Waals surface area contributed by atoms with Crippen molar-refractivity contribution in [2.75, 3.05) is 24.6 Å². The van der Waals surface area contributed by atoms with Crippen LogP contribution in [0.25, 0.3) is 11.2 Å². The zero-order valence-corrected chi connectivity index (χ0v) is 13.1. The van der Waals surface area contributed by atoms with Crippen molar-refractivity contribution < 1.29 is 0 Å². The largest absolute Gasteiger partial charge is 0.317 e. The Hall–Kier alpha value is -1.07. The van der Waals surface area contributed by atoms with Crippen molar-refractivity contribution in [1.29, 1.82) is 0 Å². The number of pyridine rings is 1. The standard InChI is InChI=1S/C16H22N4S/c1-2-14-16(18-6-1)20(13-3-7-17-8-4-13)15(19-14)10-12-5-9-21-11-12/h1-2,6,12-13,17H,3-5,7-11H2. The van der Waals surface area contributed by atoms with E-state index in [9.17, 15) is 0 Å². The highest BCUT2D eigenvalue weighted by Gasteiger charge is 2.25. The van der Waals surface area contributed by atoms with Crippen LogP contribution in [0.15, 0.2) is 18.3 Å². The first kappa shape index (κ1) is 13.6. The van der Waals surface area contributed by atoms with Gasteiger partial charge in [-0.15, -0.1) is 0 Å². The van der Waals surface area contributed by atoms with Crippen molar-refractivity contribution >= 4 is 22.9 Å². The highest BCUT2D eigenvalue weighted by atomic mass is 32.2. The van der Waals surface area contributed by atoms with Gasteiger partial charge < -0.3 is 9.88 Å². The molecule has 21 heavy (non-hydrogen) atoms. The van der Waals surface area contributed by atoms with Gasteiger partial charge in [-0.05, 0) is 61.9 Å². The van der Waals surface area contributed by atoms with Crippen LogP contribution in [0.4, 0.5) is 0 Å². The molecular weight excluding hydrogens is 280 g/mol. The van der Waals surface area contributed by atoms with Gasteiger partial charge in [0.2, 0.25) is 0 Å². The number of imidazole rings is 1. The summed E-state index contributed by atoms with van der Waals surface area (Å²) in [7, 11) is 0. The number of nitrogens with one attached hydrogen (secondary N) is 1. The van der Waals surface area contributed by atoms with Crippen LogP contribution in [0.3, 0.4) is 0 Å². The van der Waals surface area contributed by atoms with E-state index in [1.54, 1.807) is 0 Å². The molecule has 2 aliphatic rings. The van der Waals surface area contributed by atoms with Crippen LogP contribution >= 0.6 is 11.8 Å². The zero-order chi connectivity index (χ0) is 14.1. The molecule has 1 unspecified atom stereocenters. The van der Waals surface area contributed by atoms with Gasteiger partial charge in [-0.3, -0.25) is 0 Å². The van der Waals surface area contributed by atoms with Gasteiger partial charge in [0.05, 0.1) is 0 Å². The average Bonchev–Trinajstić information content (AvgIpc) is 3.15. The summed E-state index contributed by atoms with van der Waals surface area (Å²) in [6.45, 7) is 2.21. The van der Waals surface area contributed by atoms with Gasteiger partial charge in [-0.2, -0.15) is 11.8 Å². The average molecular weight is 302 g/mol. The minimum Gasteiger partial charge on any atom is -0.317 e. The number of thioether (sulfide) groups is 1. The first-order chi connectivity index (χ1) is 10.4. The van der Waals surface area contributed by atoms with E-state index in [0.29, 0.717) is 6.04 Å². The van der Waals surface area contributed by atoms with Crippen molar-refractivity contribution in [2.24, 2.45) is 5.92 Å². The van der Waals surface area contributed by atoms with Crippen molar-refractivity contribution in [3.63, 3.8) is 0 Å². The summed E-state index contributed by atoms with van der Waals surface area (Å²) in [4.78, 5) is 9.55. The fourth-order valence-electron chi connectivity index (χ4n) is 3.57. The van der Waals surface area contributed by atoms with E-state index in [2.05, 4.69) is 32.7 Å². The molecule has 2 aromatic rings. The van der Waals surface area contributed by atoms with Crippen LogP contribution in [0.5, 0.6) is 0 Å². The molecule has 1 atom stereocenters. The van der Waals surface area contributed by atoms with Gasteiger partial charge in [0, 0.05) is 18.7 Å². The van der Waals surface area contributed by atoms with E-state index in [0.717, 1.165) is 36.6 Å². The van der Waals surface area contributed by atoms with Gasteiger partial charge in [-0.25, -0.2) is 9.97 Å². The Kier molecular flexibility index (Phi) is 3.86. The first-order valence-electron chi connectivity index (χ1n) is 8.02. The number of hydrogen-bond donors (Lipinski definition) is 1. The van der Waals surface area contributed by atoms with E-state index >= 15 is 0 Å². The maximum atomic E-state index is 4.92. The van der Waals surface area contributed by atoms with Crippen LogP contribution in [0.1, 0.15) is 31.1 Å². The maximum absolute atomic E-state index is 4.92. The number of fused-ring (bicyclic) bond motifs is 1. The molecule has 0 aromatic carbocycles. The molecule has 2 aromatic heterocycles. The predicted molar refractivity (Wildman–Crippen MR) is 87.8 cm³/mol. The fourth-order valence-corrected chi connectivity index (χ4v) is 4.86. The van der Waals surface area contributed by atoms with Crippen molar-refractivity contribution in [3.8, 4) is 0 Å². The molecule has 0 bridgehead atoms. The molecule has 4 heterocycles. The molecule has 2 saturated heterocycles. The van der Waals surface area contributed by atoms with Gasteiger partial charge in [0.1, 0.15) is 11.3 Å². The Morgan fingerprint density at radius 1 is 1.29 bits per heavy atom. The molecule has 4 rings (SSSR count). The minimum atomic E-state index is 0.565. The number of nitrogens with zero attached hydrogens (tertiary/aromatic N) is 3. The second-order valence-corrected chi connectivity index (χ2v) is 7.31. The van der Waals surface area contributed by atoms with Crippen LogP contribution in [0.2, 0.25) is 0 Å². The molecule has 0 amide bonds. The summed E-state index contributed by atoms with van der Waals surface area (Å²) < 4.78 is 2.46. The second kappa shape index (κ2) is 5.97. The van der Waals surface area contributed by atoms with Crippen LogP contribution < -0.4 is 5.32 Å². The summed E-state index contributed by atoms with van der Waals surface area (Å²) in [5, 5.41) is 3.46. The first-order valence-corrected chi connectivity index (χ1v) is 9.17. The van der Waals surface area contributed by atoms with E-state index in [1.165, 1.54) is 36.6 Å².